The quantitative estimate of drug-likeness (QED) is 0.624. The van der Waals surface area contributed by atoms with Gasteiger partial charge in [-0.2, -0.15) is 0 Å². The molecule has 3 heterocycles. The van der Waals surface area contributed by atoms with Gasteiger partial charge >= 0.3 is 0 Å². The number of imidazole rings is 1. The van der Waals surface area contributed by atoms with E-state index >= 15 is 0 Å². The summed E-state index contributed by atoms with van der Waals surface area (Å²) in [5.41, 5.74) is 6.42. The first kappa shape index (κ1) is 15.7. The van der Waals surface area contributed by atoms with Crippen molar-refractivity contribution in [2.45, 2.75) is 39.7 Å². The van der Waals surface area contributed by atoms with Crippen LogP contribution in [0.15, 0.2) is 42.7 Å². The molecule has 0 radical (unpaired) electrons. The summed E-state index contributed by atoms with van der Waals surface area (Å²) >= 11 is 0. The van der Waals surface area contributed by atoms with Crippen LogP contribution < -0.4 is 0 Å². The van der Waals surface area contributed by atoms with Crippen LogP contribution in [0.5, 0.6) is 0 Å². The average molecular weight is 327 g/mol. The lowest BCUT2D eigenvalue weighted by molar-refractivity contribution is 0.522. The van der Waals surface area contributed by atoms with Crippen molar-refractivity contribution < 1.29 is 0 Å². The first-order valence-corrected chi connectivity index (χ1v) is 8.81. The molecule has 3 heteroatoms. The maximum absolute atomic E-state index is 4.75. The van der Waals surface area contributed by atoms with Gasteiger partial charge in [0, 0.05) is 36.5 Å². The first-order valence-electron chi connectivity index (χ1n) is 8.81. The highest BCUT2D eigenvalue weighted by molar-refractivity contribution is 5.58. The molecule has 0 amide bonds. The van der Waals surface area contributed by atoms with Gasteiger partial charge in [-0.25, -0.2) is 9.97 Å². The Hall–Kier alpha value is -2.86. The summed E-state index contributed by atoms with van der Waals surface area (Å²) in [5, 5.41) is 0. The average Bonchev–Trinajstić information content (AvgIpc) is 3.07. The van der Waals surface area contributed by atoms with Gasteiger partial charge in [0.15, 0.2) is 0 Å². The molecule has 25 heavy (non-hydrogen) atoms. The molecular formula is C22H21N3. The standard InChI is InChI=1S/C22H21N3/c1-16-6-7-18(13-17(16)2)8-10-20-11-9-19(14-23-20)21-15-25-12-4-3-5-22(25)24-21/h6-7,9,11,13-15H,3-5,12H2,1-2H3. The van der Waals surface area contributed by atoms with E-state index in [0.717, 1.165) is 35.5 Å². The minimum absolute atomic E-state index is 0.783. The fourth-order valence-electron chi connectivity index (χ4n) is 3.13. The molecule has 0 fully saturated rings. The van der Waals surface area contributed by atoms with E-state index in [9.17, 15) is 0 Å². The third-order valence-electron chi connectivity index (χ3n) is 4.81. The third-order valence-corrected chi connectivity index (χ3v) is 4.81. The van der Waals surface area contributed by atoms with Crippen LogP contribution in [0.25, 0.3) is 11.3 Å². The Morgan fingerprint density at radius 1 is 1.00 bits per heavy atom. The molecule has 1 aliphatic heterocycles. The maximum Gasteiger partial charge on any atom is 0.113 e. The van der Waals surface area contributed by atoms with E-state index in [0.29, 0.717) is 0 Å². The smallest absolute Gasteiger partial charge is 0.113 e. The topological polar surface area (TPSA) is 30.7 Å². The zero-order chi connectivity index (χ0) is 17.2. The van der Waals surface area contributed by atoms with Crippen molar-refractivity contribution in [2.75, 3.05) is 0 Å². The number of fused-ring (bicyclic) bond motifs is 1. The van der Waals surface area contributed by atoms with Crippen LogP contribution in [0.3, 0.4) is 0 Å². The van der Waals surface area contributed by atoms with Crippen LogP contribution in [-0.4, -0.2) is 14.5 Å². The molecule has 1 aliphatic rings. The normalized spacial score (nSPS) is 13.0. The van der Waals surface area contributed by atoms with E-state index in [2.05, 4.69) is 65.7 Å². The zero-order valence-corrected chi connectivity index (χ0v) is 14.7. The number of hydrogen-bond donors (Lipinski definition) is 0. The number of hydrogen-bond acceptors (Lipinski definition) is 2. The third kappa shape index (κ3) is 3.34. The summed E-state index contributed by atoms with van der Waals surface area (Å²) in [5.74, 6) is 7.54. The summed E-state index contributed by atoms with van der Waals surface area (Å²) in [6, 6.07) is 10.3. The van der Waals surface area contributed by atoms with Gasteiger partial charge in [-0.3, -0.25) is 0 Å². The highest BCUT2D eigenvalue weighted by Gasteiger charge is 2.13. The Labute approximate surface area is 148 Å². The zero-order valence-electron chi connectivity index (χ0n) is 14.7. The van der Waals surface area contributed by atoms with Gasteiger partial charge < -0.3 is 4.57 Å². The van der Waals surface area contributed by atoms with Crippen molar-refractivity contribution in [1.29, 1.82) is 0 Å². The molecule has 0 bridgehead atoms. The van der Waals surface area contributed by atoms with Crippen molar-refractivity contribution in [3.05, 3.63) is 70.9 Å². The molecular weight excluding hydrogens is 306 g/mol. The van der Waals surface area contributed by atoms with Gasteiger partial charge in [0.25, 0.3) is 0 Å². The highest BCUT2D eigenvalue weighted by atomic mass is 15.1. The number of aryl methyl sites for hydroxylation is 4. The Morgan fingerprint density at radius 2 is 1.92 bits per heavy atom. The van der Waals surface area contributed by atoms with Crippen LogP contribution in [0.1, 0.15) is 41.1 Å². The summed E-state index contributed by atoms with van der Waals surface area (Å²) < 4.78 is 2.27. The number of rotatable bonds is 1. The lowest BCUT2D eigenvalue weighted by atomic mass is 10.1. The SMILES string of the molecule is Cc1ccc(C#Cc2ccc(-c3cn4c(n3)CCCC4)cn2)cc1C. The van der Waals surface area contributed by atoms with Gasteiger partial charge in [0.05, 0.1) is 5.69 Å². The maximum atomic E-state index is 4.75. The summed E-state index contributed by atoms with van der Waals surface area (Å²) in [7, 11) is 0. The van der Waals surface area contributed by atoms with E-state index in [1.54, 1.807) is 0 Å². The van der Waals surface area contributed by atoms with Gasteiger partial charge in [-0.1, -0.05) is 12.0 Å². The summed E-state index contributed by atoms with van der Waals surface area (Å²) in [4.78, 5) is 9.24. The molecule has 0 atom stereocenters. The minimum atomic E-state index is 0.783. The molecule has 0 saturated heterocycles. The lowest BCUT2D eigenvalue weighted by Crippen LogP contribution is -2.08. The van der Waals surface area contributed by atoms with Crippen LogP contribution in [0.2, 0.25) is 0 Å². The number of aromatic nitrogens is 3. The fourth-order valence-corrected chi connectivity index (χ4v) is 3.13. The second kappa shape index (κ2) is 6.57. The predicted molar refractivity (Wildman–Crippen MR) is 100 cm³/mol. The Kier molecular flexibility index (Phi) is 4.11. The van der Waals surface area contributed by atoms with Crippen LogP contribution in [-0.2, 0) is 13.0 Å². The Balaban J connectivity index is 1.55. The Bertz CT molecular complexity index is 945. The molecule has 3 nitrogen and oxygen atoms in total. The molecule has 0 aliphatic carbocycles. The summed E-state index contributed by atoms with van der Waals surface area (Å²) in [6.45, 7) is 5.30. The lowest BCUT2D eigenvalue weighted by Gasteiger charge is -2.11. The van der Waals surface area contributed by atoms with Gasteiger partial charge in [0.2, 0.25) is 0 Å². The van der Waals surface area contributed by atoms with Gasteiger partial charge in [0.1, 0.15) is 11.5 Å². The summed E-state index contributed by atoms with van der Waals surface area (Å²) in [6.07, 6.45) is 7.58. The molecule has 3 aromatic rings. The van der Waals surface area contributed by atoms with Crippen molar-refractivity contribution in [3.63, 3.8) is 0 Å². The number of benzene rings is 1. The fraction of sp³-hybridized carbons (Fsp3) is 0.273. The molecule has 0 spiro atoms. The second-order valence-electron chi connectivity index (χ2n) is 6.67. The molecule has 2 aromatic heterocycles. The first-order chi connectivity index (χ1) is 12.2. The van der Waals surface area contributed by atoms with E-state index in [1.807, 2.05) is 12.3 Å². The van der Waals surface area contributed by atoms with Crippen molar-refractivity contribution in [2.24, 2.45) is 0 Å². The highest BCUT2D eigenvalue weighted by Crippen LogP contribution is 2.22. The molecule has 0 N–H and O–H groups in total. The van der Waals surface area contributed by atoms with E-state index in [-0.39, 0.29) is 0 Å². The monoisotopic (exact) mass is 327 g/mol. The second-order valence-corrected chi connectivity index (χ2v) is 6.67. The van der Waals surface area contributed by atoms with Gasteiger partial charge in [-0.05, 0) is 68.0 Å². The molecule has 0 unspecified atom stereocenters. The van der Waals surface area contributed by atoms with E-state index in [1.165, 1.54) is 29.8 Å². The molecule has 124 valence electrons. The van der Waals surface area contributed by atoms with Gasteiger partial charge in [-0.15, -0.1) is 0 Å². The van der Waals surface area contributed by atoms with E-state index < -0.39 is 0 Å². The van der Waals surface area contributed by atoms with Crippen LogP contribution in [0.4, 0.5) is 0 Å². The number of nitrogens with zero attached hydrogens (tertiary/aromatic N) is 3. The molecule has 4 rings (SSSR count). The van der Waals surface area contributed by atoms with Crippen molar-refractivity contribution in [1.82, 2.24) is 14.5 Å². The van der Waals surface area contributed by atoms with Crippen LogP contribution >= 0.6 is 0 Å². The van der Waals surface area contributed by atoms with Crippen LogP contribution in [0, 0.1) is 25.7 Å². The molecule has 1 aromatic carbocycles. The van der Waals surface area contributed by atoms with Crippen molar-refractivity contribution in [3.8, 4) is 23.1 Å². The number of pyridine rings is 1. The van der Waals surface area contributed by atoms with Crippen molar-refractivity contribution >= 4 is 0 Å². The Morgan fingerprint density at radius 3 is 2.68 bits per heavy atom. The largest absolute Gasteiger partial charge is 0.334 e. The minimum Gasteiger partial charge on any atom is -0.334 e. The molecule has 0 saturated carbocycles. The van der Waals surface area contributed by atoms with E-state index in [4.69, 9.17) is 4.98 Å². The predicted octanol–water partition coefficient (Wildman–Crippen LogP) is 4.30.